The van der Waals surface area contributed by atoms with Crippen LogP contribution in [-0.2, 0) is 16.2 Å². The lowest BCUT2D eigenvalue weighted by atomic mass is 10.2. The van der Waals surface area contributed by atoms with E-state index in [0.29, 0.717) is 0 Å². The number of hydrogen-bond acceptors (Lipinski definition) is 3. The maximum Gasteiger partial charge on any atom is 0.416 e. The van der Waals surface area contributed by atoms with Crippen LogP contribution in [0.2, 0.25) is 5.02 Å². The van der Waals surface area contributed by atoms with E-state index in [1.165, 1.54) is 36.4 Å². The summed E-state index contributed by atoms with van der Waals surface area (Å²) < 4.78 is 69.2. The highest BCUT2D eigenvalue weighted by molar-refractivity contribution is 7.89. The first-order valence-corrected chi connectivity index (χ1v) is 8.60. The average molecular weight is 380 g/mol. The summed E-state index contributed by atoms with van der Waals surface area (Å²) in [5.41, 5.74) is -0.834. The van der Waals surface area contributed by atoms with Crippen molar-refractivity contribution in [1.82, 2.24) is 4.72 Å². The summed E-state index contributed by atoms with van der Waals surface area (Å²) in [6.45, 7) is -0.230. The zero-order valence-corrected chi connectivity index (χ0v) is 13.8. The minimum absolute atomic E-state index is 0.00549. The molecule has 0 unspecified atom stereocenters. The molecule has 0 aliphatic rings. The van der Waals surface area contributed by atoms with Crippen molar-refractivity contribution in [2.75, 3.05) is 13.2 Å². The Morgan fingerprint density at radius 3 is 2.46 bits per heavy atom. The van der Waals surface area contributed by atoms with Crippen LogP contribution in [0.15, 0.2) is 53.4 Å². The molecule has 0 aliphatic carbocycles. The zero-order chi connectivity index (χ0) is 17.8. The van der Waals surface area contributed by atoms with Crippen molar-refractivity contribution in [3.05, 3.63) is 59.1 Å². The second-order valence-electron chi connectivity index (χ2n) is 4.73. The monoisotopic (exact) mass is 379 g/mol. The van der Waals surface area contributed by atoms with Crippen molar-refractivity contribution >= 4 is 21.6 Å². The molecule has 0 bridgehead atoms. The SMILES string of the molecule is O=S(=O)(NCCOc1cccc(C(F)(F)F)c1)c1cccc(Cl)c1. The molecular weight excluding hydrogens is 367 g/mol. The molecule has 9 heteroatoms. The zero-order valence-electron chi connectivity index (χ0n) is 12.2. The molecule has 0 atom stereocenters. The molecule has 0 saturated heterocycles. The Labute approximate surface area is 142 Å². The molecule has 0 amide bonds. The normalized spacial score (nSPS) is 12.2. The van der Waals surface area contributed by atoms with Crippen molar-refractivity contribution in [1.29, 1.82) is 0 Å². The van der Waals surface area contributed by atoms with Gasteiger partial charge in [-0.1, -0.05) is 23.7 Å². The Morgan fingerprint density at radius 1 is 1.08 bits per heavy atom. The lowest BCUT2D eigenvalue weighted by molar-refractivity contribution is -0.137. The van der Waals surface area contributed by atoms with Gasteiger partial charge in [0.15, 0.2) is 0 Å². The van der Waals surface area contributed by atoms with Gasteiger partial charge in [-0.05, 0) is 36.4 Å². The summed E-state index contributed by atoms with van der Waals surface area (Å²) in [6, 6.07) is 10.1. The topological polar surface area (TPSA) is 55.4 Å². The number of nitrogens with one attached hydrogen (secondary N) is 1. The fourth-order valence-electron chi connectivity index (χ4n) is 1.82. The molecule has 0 radical (unpaired) electrons. The molecule has 2 aromatic carbocycles. The minimum Gasteiger partial charge on any atom is -0.492 e. The fourth-order valence-corrected chi connectivity index (χ4v) is 3.14. The number of sulfonamides is 1. The van der Waals surface area contributed by atoms with Crippen molar-refractivity contribution in [3.63, 3.8) is 0 Å². The largest absolute Gasteiger partial charge is 0.492 e. The third-order valence-corrected chi connectivity index (χ3v) is 4.62. The lowest BCUT2D eigenvalue weighted by Gasteiger charge is -2.11. The first-order valence-electron chi connectivity index (χ1n) is 6.74. The van der Waals surface area contributed by atoms with Crippen LogP contribution in [-0.4, -0.2) is 21.6 Å². The number of rotatable bonds is 6. The fraction of sp³-hybridized carbons (Fsp3) is 0.200. The summed E-state index contributed by atoms with van der Waals surface area (Å²) in [6.07, 6.45) is -4.46. The van der Waals surface area contributed by atoms with Gasteiger partial charge in [-0.15, -0.1) is 0 Å². The highest BCUT2D eigenvalue weighted by atomic mass is 35.5. The molecule has 2 rings (SSSR count). The molecule has 2 aromatic rings. The molecule has 24 heavy (non-hydrogen) atoms. The summed E-state index contributed by atoms with van der Waals surface area (Å²) in [4.78, 5) is -0.00549. The van der Waals surface area contributed by atoms with Crippen LogP contribution in [0.1, 0.15) is 5.56 Å². The summed E-state index contributed by atoms with van der Waals surface area (Å²) in [5.74, 6) is 0.00628. The lowest BCUT2D eigenvalue weighted by Crippen LogP contribution is -2.28. The summed E-state index contributed by atoms with van der Waals surface area (Å²) in [5, 5.41) is 0.276. The predicted octanol–water partition coefficient (Wildman–Crippen LogP) is 3.72. The molecule has 1 N–H and O–H groups in total. The van der Waals surface area contributed by atoms with Gasteiger partial charge in [0.05, 0.1) is 10.5 Å². The van der Waals surface area contributed by atoms with E-state index >= 15 is 0 Å². The Balaban J connectivity index is 1.91. The van der Waals surface area contributed by atoms with Gasteiger partial charge in [0.1, 0.15) is 12.4 Å². The minimum atomic E-state index is -4.46. The molecule has 130 valence electrons. The van der Waals surface area contributed by atoms with Crippen LogP contribution in [0, 0.1) is 0 Å². The Hall–Kier alpha value is -1.77. The van der Waals surface area contributed by atoms with Gasteiger partial charge in [0.25, 0.3) is 0 Å². The molecule has 0 aromatic heterocycles. The van der Waals surface area contributed by atoms with Gasteiger partial charge in [0.2, 0.25) is 10.0 Å². The van der Waals surface area contributed by atoms with Crippen molar-refractivity contribution in [3.8, 4) is 5.75 Å². The van der Waals surface area contributed by atoms with Crippen LogP contribution < -0.4 is 9.46 Å². The third-order valence-electron chi connectivity index (χ3n) is 2.93. The molecule has 0 saturated carbocycles. The summed E-state index contributed by atoms with van der Waals surface area (Å²) >= 11 is 5.74. The third kappa shape index (κ3) is 5.12. The second kappa shape index (κ2) is 7.42. The highest BCUT2D eigenvalue weighted by Gasteiger charge is 2.30. The first kappa shape index (κ1) is 18.6. The van der Waals surface area contributed by atoms with Gasteiger partial charge < -0.3 is 4.74 Å². The quantitative estimate of drug-likeness (QED) is 0.778. The van der Waals surface area contributed by atoms with Crippen LogP contribution in [0.25, 0.3) is 0 Å². The maximum atomic E-state index is 12.6. The Bertz CT molecular complexity index is 810. The molecule has 0 fully saturated rings. The van der Waals surface area contributed by atoms with Crippen LogP contribution in [0.5, 0.6) is 5.75 Å². The molecule has 0 aliphatic heterocycles. The van der Waals surface area contributed by atoms with Crippen molar-refractivity contribution in [2.45, 2.75) is 11.1 Å². The second-order valence-corrected chi connectivity index (χ2v) is 6.93. The first-order chi connectivity index (χ1) is 11.2. The van der Waals surface area contributed by atoms with Crippen LogP contribution in [0.3, 0.4) is 0 Å². The van der Waals surface area contributed by atoms with Gasteiger partial charge in [-0.25, -0.2) is 13.1 Å². The molecule has 0 heterocycles. The average Bonchev–Trinajstić information content (AvgIpc) is 2.51. The van der Waals surface area contributed by atoms with Crippen molar-refractivity contribution in [2.24, 2.45) is 0 Å². The molecule has 4 nitrogen and oxygen atoms in total. The summed E-state index contributed by atoms with van der Waals surface area (Å²) in [7, 11) is -3.76. The van der Waals surface area contributed by atoms with Gasteiger partial charge in [0, 0.05) is 11.6 Å². The molecular formula is C15H13ClF3NO3S. The number of alkyl halides is 3. The van der Waals surface area contributed by atoms with E-state index < -0.39 is 21.8 Å². The van der Waals surface area contributed by atoms with E-state index in [1.54, 1.807) is 0 Å². The highest BCUT2D eigenvalue weighted by Crippen LogP contribution is 2.31. The van der Waals surface area contributed by atoms with E-state index in [1.807, 2.05) is 0 Å². The van der Waals surface area contributed by atoms with Gasteiger partial charge in [-0.2, -0.15) is 13.2 Å². The van der Waals surface area contributed by atoms with E-state index in [4.69, 9.17) is 16.3 Å². The van der Waals surface area contributed by atoms with E-state index in [0.717, 1.165) is 12.1 Å². The van der Waals surface area contributed by atoms with Gasteiger partial charge in [-0.3, -0.25) is 0 Å². The number of benzene rings is 2. The van der Waals surface area contributed by atoms with Crippen LogP contribution in [0.4, 0.5) is 13.2 Å². The van der Waals surface area contributed by atoms with E-state index in [-0.39, 0.29) is 28.8 Å². The smallest absolute Gasteiger partial charge is 0.416 e. The van der Waals surface area contributed by atoms with Crippen molar-refractivity contribution < 1.29 is 26.3 Å². The maximum absolute atomic E-state index is 12.6. The predicted molar refractivity (Wildman–Crippen MR) is 83.6 cm³/mol. The van der Waals surface area contributed by atoms with Gasteiger partial charge >= 0.3 is 6.18 Å². The number of halogens is 4. The molecule has 0 spiro atoms. The number of ether oxygens (including phenoxy) is 1. The standard InChI is InChI=1S/C15H13ClF3NO3S/c16-12-4-2-6-14(10-12)24(21,22)20-7-8-23-13-5-1-3-11(9-13)15(17,18)19/h1-6,9-10,20H,7-8H2. The van der Waals surface area contributed by atoms with Crippen LogP contribution >= 0.6 is 11.6 Å². The Kier molecular flexibility index (Phi) is 5.74. The van der Waals surface area contributed by atoms with E-state index in [9.17, 15) is 21.6 Å². The Morgan fingerprint density at radius 2 is 1.79 bits per heavy atom. The number of hydrogen-bond donors (Lipinski definition) is 1. The van der Waals surface area contributed by atoms with E-state index in [2.05, 4.69) is 4.72 Å².